The second kappa shape index (κ2) is 6.04. The van der Waals surface area contributed by atoms with E-state index in [1.165, 1.54) is 11.0 Å². The summed E-state index contributed by atoms with van der Waals surface area (Å²) in [4.78, 5) is 14.1. The Balaban J connectivity index is 1.78. The third-order valence-corrected chi connectivity index (χ3v) is 5.46. The van der Waals surface area contributed by atoms with E-state index in [0.29, 0.717) is 11.4 Å². The maximum atomic E-state index is 12.4. The molecule has 0 aromatic heterocycles. The van der Waals surface area contributed by atoms with E-state index >= 15 is 0 Å². The number of anilines is 1. The Labute approximate surface area is 135 Å². The number of para-hydroxylation sites is 1. The summed E-state index contributed by atoms with van der Waals surface area (Å²) < 4.78 is 29.7. The lowest BCUT2D eigenvalue weighted by Gasteiger charge is -2.29. The Morgan fingerprint density at radius 1 is 1.17 bits per heavy atom. The number of sulfone groups is 1. The molecular weight excluding hydrogens is 314 g/mol. The molecule has 2 aromatic carbocycles. The van der Waals surface area contributed by atoms with Gasteiger partial charge >= 0.3 is 0 Å². The molecule has 0 aliphatic carbocycles. The van der Waals surface area contributed by atoms with Crippen molar-refractivity contribution in [3.63, 3.8) is 0 Å². The van der Waals surface area contributed by atoms with Crippen LogP contribution in [0.3, 0.4) is 0 Å². The summed E-state index contributed by atoms with van der Waals surface area (Å²) in [7, 11) is -3.32. The number of fused-ring (bicyclic) bond motifs is 1. The molecule has 0 saturated heterocycles. The first-order chi connectivity index (χ1) is 11.0. The molecule has 0 atom stereocenters. The minimum Gasteiger partial charge on any atom is -0.484 e. The number of rotatable bonds is 3. The van der Waals surface area contributed by atoms with Crippen molar-refractivity contribution in [1.29, 1.82) is 0 Å². The molecule has 1 amide bonds. The van der Waals surface area contributed by atoms with Gasteiger partial charge in [0.25, 0.3) is 5.91 Å². The number of carbonyl (C=O) groups is 1. The molecule has 0 radical (unpaired) electrons. The molecule has 0 N–H and O–H groups in total. The third kappa shape index (κ3) is 3.22. The zero-order chi connectivity index (χ0) is 16.4. The van der Waals surface area contributed by atoms with Crippen molar-refractivity contribution in [2.45, 2.75) is 11.8 Å². The van der Waals surface area contributed by atoms with E-state index in [9.17, 15) is 13.2 Å². The van der Waals surface area contributed by atoms with Gasteiger partial charge in [0.1, 0.15) is 5.75 Å². The van der Waals surface area contributed by atoms with Crippen LogP contribution < -0.4 is 9.64 Å². The Hall–Kier alpha value is -2.34. The molecule has 120 valence electrons. The van der Waals surface area contributed by atoms with Gasteiger partial charge in [0.2, 0.25) is 0 Å². The fourth-order valence-corrected chi connectivity index (χ4v) is 4.00. The van der Waals surface area contributed by atoms with Gasteiger partial charge in [-0.05, 0) is 36.8 Å². The number of nitrogens with zero attached hydrogens (tertiary/aromatic N) is 1. The molecule has 1 heterocycles. The molecular formula is C17H17NO4S. The lowest BCUT2D eigenvalue weighted by atomic mass is 10.2. The zero-order valence-corrected chi connectivity index (χ0v) is 13.5. The van der Waals surface area contributed by atoms with Crippen LogP contribution in [0.4, 0.5) is 5.69 Å². The highest BCUT2D eigenvalue weighted by molar-refractivity contribution is 7.91. The number of benzene rings is 2. The van der Waals surface area contributed by atoms with Crippen molar-refractivity contribution in [3.8, 4) is 5.75 Å². The standard InChI is InChI=1S/C17H17NO4S/c1-13-5-4-6-14(11-13)22-12-17(19)18-9-10-23(20,21)16-8-3-2-7-15(16)18/h2-8,11H,9-10,12H2,1H3. The predicted molar refractivity (Wildman–Crippen MR) is 87.5 cm³/mol. The molecule has 0 bridgehead atoms. The summed E-state index contributed by atoms with van der Waals surface area (Å²) in [6, 6.07) is 14.0. The number of aryl methyl sites for hydroxylation is 1. The molecule has 2 aromatic rings. The molecule has 0 saturated carbocycles. The van der Waals surface area contributed by atoms with Gasteiger partial charge in [-0.3, -0.25) is 4.79 Å². The van der Waals surface area contributed by atoms with Crippen molar-refractivity contribution in [2.75, 3.05) is 23.8 Å². The molecule has 1 aliphatic heterocycles. The average molecular weight is 331 g/mol. The highest BCUT2D eigenvalue weighted by Crippen LogP contribution is 2.30. The minimum absolute atomic E-state index is 0.0692. The number of hydrogen-bond donors (Lipinski definition) is 0. The van der Waals surface area contributed by atoms with E-state index < -0.39 is 9.84 Å². The smallest absolute Gasteiger partial charge is 0.264 e. The van der Waals surface area contributed by atoms with Gasteiger partial charge in [-0.15, -0.1) is 0 Å². The molecule has 0 fully saturated rings. The van der Waals surface area contributed by atoms with Crippen LogP contribution in [-0.2, 0) is 14.6 Å². The van der Waals surface area contributed by atoms with E-state index in [0.717, 1.165) is 5.56 Å². The highest BCUT2D eigenvalue weighted by Gasteiger charge is 2.31. The Kier molecular flexibility index (Phi) is 4.09. The molecule has 1 aliphatic rings. The van der Waals surface area contributed by atoms with Gasteiger partial charge in [-0.1, -0.05) is 24.3 Å². The largest absolute Gasteiger partial charge is 0.484 e. The second-order valence-corrected chi connectivity index (χ2v) is 7.51. The summed E-state index contributed by atoms with van der Waals surface area (Å²) in [6.45, 7) is 1.97. The zero-order valence-electron chi connectivity index (χ0n) is 12.7. The van der Waals surface area contributed by atoms with Gasteiger partial charge in [-0.2, -0.15) is 0 Å². The SMILES string of the molecule is Cc1cccc(OCC(=O)N2CCS(=O)(=O)c3ccccc32)c1. The normalized spacial score (nSPS) is 15.8. The summed E-state index contributed by atoms with van der Waals surface area (Å²) in [5, 5.41) is 0. The summed E-state index contributed by atoms with van der Waals surface area (Å²) in [5.74, 6) is 0.297. The van der Waals surface area contributed by atoms with E-state index in [1.807, 2.05) is 25.1 Å². The topological polar surface area (TPSA) is 63.7 Å². The number of ether oxygens (including phenoxy) is 1. The lowest BCUT2D eigenvalue weighted by Crippen LogP contribution is -2.42. The van der Waals surface area contributed by atoms with Crippen LogP contribution in [0, 0.1) is 6.92 Å². The second-order valence-electron chi connectivity index (χ2n) is 5.44. The van der Waals surface area contributed by atoms with Crippen LogP contribution >= 0.6 is 0 Å². The van der Waals surface area contributed by atoms with Crippen LogP contribution in [0.15, 0.2) is 53.4 Å². The summed E-state index contributed by atoms with van der Waals surface area (Å²) in [6.07, 6.45) is 0. The fourth-order valence-electron chi connectivity index (χ4n) is 2.57. The van der Waals surface area contributed by atoms with Crippen molar-refractivity contribution >= 4 is 21.4 Å². The molecule has 6 heteroatoms. The molecule has 3 rings (SSSR count). The van der Waals surface area contributed by atoms with Crippen molar-refractivity contribution in [3.05, 3.63) is 54.1 Å². The molecule has 0 spiro atoms. The quantitative estimate of drug-likeness (QED) is 0.865. The number of hydrogen-bond acceptors (Lipinski definition) is 4. The Morgan fingerprint density at radius 2 is 1.96 bits per heavy atom. The van der Waals surface area contributed by atoms with Crippen LogP contribution in [0.1, 0.15) is 5.56 Å². The first-order valence-corrected chi connectivity index (χ1v) is 8.94. The number of amides is 1. The first kappa shape index (κ1) is 15.6. The van der Waals surface area contributed by atoms with Gasteiger partial charge < -0.3 is 9.64 Å². The van der Waals surface area contributed by atoms with Crippen molar-refractivity contribution < 1.29 is 17.9 Å². The highest BCUT2D eigenvalue weighted by atomic mass is 32.2. The van der Waals surface area contributed by atoms with Crippen molar-refractivity contribution in [1.82, 2.24) is 0 Å². The summed E-state index contributed by atoms with van der Waals surface area (Å²) >= 11 is 0. The molecule has 5 nitrogen and oxygen atoms in total. The van der Waals surface area contributed by atoms with E-state index in [-0.39, 0.29) is 29.7 Å². The number of carbonyl (C=O) groups excluding carboxylic acids is 1. The fraction of sp³-hybridized carbons (Fsp3) is 0.235. The van der Waals surface area contributed by atoms with Gasteiger partial charge in [0.05, 0.1) is 16.3 Å². The Bertz CT molecular complexity index is 845. The average Bonchev–Trinajstić information content (AvgIpc) is 2.53. The van der Waals surface area contributed by atoms with Crippen LogP contribution in [0.5, 0.6) is 5.75 Å². The maximum absolute atomic E-state index is 12.4. The van der Waals surface area contributed by atoms with Crippen molar-refractivity contribution in [2.24, 2.45) is 0 Å². The molecule has 23 heavy (non-hydrogen) atoms. The van der Waals surface area contributed by atoms with Gasteiger partial charge in [0.15, 0.2) is 16.4 Å². The monoisotopic (exact) mass is 331 g/mol. The van der Waals surface area contributed by atoms with Crippen LogP contribution in [-0.4, -0.2) is 33.2 Å². The molecule has 0 unspecified atom stereocenters. The van der Waals surface area contributed by atoms with Crippen LogP contribution in [0.2, 0.25) is 0 Å². The van der Waals surface area contributed by atoms with E-state index in [2.05, 4.69) is 0 Å². The minimum atomic E-state index is -3.32. The maximum Gasteiger partial charge on any atom is 0.264 e. The lowest BCUT2D eigenvalue weighted by molar-refractivity contribution is -0.120. The Morgan fingerprint density at radius 3 is 2.74 bits per heavy atom. The van der Waals surface area contributed by atoms with Gasteiger partial charge in [0, 0.05) is 6.54 Å². The third-order valence-electron chi connectivity index (χ3n) is 3.73. The van der Waals surface area contributed by atoms with Crippen LogP contribution in [0.25, 0.3) is 0 Å². The van der Waals surface area contributed by atoms with E-state index in [1.54, 1.807) is 24.3 Å². The predicted octanol–water partition coefficient (Wildman–Crippen LogP) is 2.19. The summed E-state index contributed by atoms with van der Waals surface area (Å²) in [5.41, 5.74) is 1.47. The first-order valence-electron chi connectivity index (χ1n) is 7.29. The van der Waals surface area contributed by atoms with E-state index in [4.69, 9.17) is 4.74 Å². The van der Waals surface area contributed by atoms with Gasteiger partial charge in [-0.25, -0.2) is 8.42 Å².